The molecular weight excluding hydrogens is 575 g/mol. The first-order valence-corrected chi connectivity index (χ1v) is 9.98. The molecule has 0 aliphatic rings. The first-order valence-electron chi connectivity index (χ1n) is 9.98. The smallest absolute Gasteiger partial charge is 0.171 e. The molecule has 2 aromatic heterocycles. The summed E-state index contributed by atoms with van der Waals surface area (Å²) >= 11 is 0. The summed E-state index contributed by atoms with van der Waals surface area (Å²) in [4.78, 5) is 20.2. The van der Waals surface area contributed by atoms with Gasteiger partial charge in [0, 0.05) is 38.4 Å². The summed E-state index contributed by atoms with van der Waals surface area (Å²) in [6.45, 7) is 0.489. The van der Waals surface area contributed by atoms with Gasteiger partial charge < -0.3 is 15.7 Å². The molecule has 0 saturated carbocycles. The average Bonchev–Trinajstić information content (AvgIpc) is 3.39. The third kappa shape index (κ3) is 5.45. The molecule has 0 aliphatic carbocycles. The maximum absolute atomic E-state index is 11.8. The van der Waals surface area contributed by atoms with Gasteiger partial charge in [-0.3, -0.25) is 4.79 Å². The summed E-state index contributed by atoms with van der Waals surface area (Å²) in [7, 11) is 0. The van der Waals surface area contributed by atoms with Gasteiger partial charge >= 0.3 is 0 Å². The molecule has 3 aromatic carbocycles. The molecule has 0 spiro atoms. The van der Waals surface area contributed by atoms with E-state index in [1.807, 2.05) is 60.8 Å². The minimum absolute atomic E-state index is 0. The zero-order chi connectivity index (χ0) is 21.5. The molecule has 0 unspecified atom stereocenters. The van der Waals surface area contributed by atoms with Crippen LogP contribution in [0, 0.1) is 6.07 Å². The van der Waals surface area contributed by atoms with Crippen LogP contribution in [0.3, 0.4) is 0 Å². The Bertz CT molecular complexity index is 1260. The Morgan fingerprint density at radius 1 is 0.906 bits per heavy atom. The summed E-state index contributed by atoms with van der Waals surface area (Å²) in [5.41, 5.74) is 9.66. The van der Waals surface area contributed by atoms with Crippen molar-refractivity contribution in [2.24, 2.45) is 5.73 Å². The van der Waals surface area contributed by atoms with E-state index in [-0.39, 0.29) is 25.9 Å². The number of pyridine rings is 1. The number of carbonyl (C=O) groups excluding carboxylic acids is 1. The molecule has 32 heavy (non-hydrogen) atoms. The number of fused-ring (bicyclic) bond motifs is 1. The van der Waals surface area contributed by atoms with Gasteiger partial charge in [-0.05, 0) is 28.1 Å². The second kappa shape index (κ2) is 11.3. The van der Waals surface area contributed by atoms with Crippen molar-refractivity contribution >= 4 is 16.6 Å². The minimum Gasteiger partial charge on any atom is -0.661 e. The number of carbonyl (C=O) groups is 1. The molecule has 0 atom stereocenters. The van der Waals surface area contributed by atoms with Crippen LogP contribution in [-0.4, -0.2) is 10.8 Å². The first kappa shape index (κ1) is 23.3. The molecule has 0 saturated heterocycles. The number of hydrogen-bond donors (Lipinski definition) is 1. The molecule has 161 valence electrons. The van der Waals surface area contributed by atoms with Gasteiger partial charge in [0.15, 0.2) is 5.78 Å². The van der Waals surface area contributed by atoms with Crippen LogP contribution >= 0.6 is 0 Å². The van der Waals surface area contributed by atoms with Crippen LogP contribution in [0.4, 0.5) is 0 Å². The van der Waals surface area contributed by atoms with E-state index in [9.17, 15) is 4.79 Å². The van der Waals surface area contributed by atoms with Gasteiger partial charge in [0.2, 0.25) is 0 Å². The van der Waals surface area contributed by atoms with Crippen molar-refractivity contribution in [1.29, 1.82) is 0 Å². The second-order valence-electron chi connectivity index (χ2n) is 6.91. The van der Waals surface area contributed by atoms with Crippen LogP contribution < -0.4 is 10.7 Å². The van der Waals surface area contributed by atoms with Crippen molar-refractivity contribution in [1.82, 2.24) is 9.97 Å². The third-order valence-electron chi connectivity index (χ3n) is 4.88. The standard InChI is InChI=1S/C15H10N.C12H12N2O.Ir/c1-2-7-13(8-3-1)15-14-9-5-4-6-12(14)10-11-16-15;13-8-9-3-5-10(6-4-9)12(15)11-2-1-7-14-11;/h1-7,9-11H;1-7H,8,13H2,(H,14,15);/q-1;;/p-1. The van der Waals surface area contributed by atoms with Gasteiger partial charge in [0.1, 0.15) is 0 Å². The predicted octanol–water partition coefficient (Wildman–Crippen LogP) is 5.03. The Balaban J connectivity index is 0.000000176. The van der Waals surface area contributed by atoms with Gasteiger partial charge in [-0.1, -0.05) is 66.4 Å². The fraction of sp³-hybridized carbons (Fsp3) is 0.0370. The van der Waals surface area contributed by atoms with Crippen molar-refractivity contribution in [3.8, 4) is 11.3 Å². The maximum Gasteiger partial charge on any atom is 0.171 e. The second-order valence-corrected chi connectivity index (χ2v) is 6.91. The molecule has 0 amide bonds. The minimum atomic E-state index is -0.0522. The van der Waals surface area contributed by atoms with Crippen LogP contribution in [0.1, 0.15) is 21.6 Å². The van der Waals surface area contributed by atoms with Crippen molar-refractivity contribution in [2.75, 3.05) is 0 Å². The van der Waals surface area contributed by atoms with Crippen molar-refractivity contribution in [3.05, 3.63) is 126 Å². The monoisotopic (exact) mass is 596 g/mol. The number of benzene rings is 3. The van der Waals surface area contributed by atoms with E-state index in [1.165, 1.54) is 10.8 Å². The van der Waals surface area contributed by atoms with Crippen LogP contribution in [0.2, 0.25) is 0 Å². The molecule has 5 heteroatoms. The Morgan fingerprint density at radius 3 is 2.38 bits per heavy atom. The number of hydrogen-bond acceptors (Lipinski definition) is 3. The number of nitrogens with two attached hydrogens (primary N) is 1. The molecule has 0 fully saturated rings. The van der Waals surface area contributed by atoms with E-state index in [4.69, 9.17) is 5.73 Å². The number of aromatic nitrogens is 2. The predicted molar refractivity (Wildman–Crippen MR) is 124 cm³/mol. The summed E-state index contributed by atoms with van der Waals surface area (Å²) in [5.74, 6) is -0.0522. The van der Waals surface area contributed by atoms with Crippen LogP contribution in [-0.2, 0) is 26.7 Å². The van der Waals surface area contributed by atoms with E-state index < -0.39 is 0 Å². The summed E-state index contributed by atoms with van der Waals surface area (Å²) in [6.07, 6.45) is 3.46. The maximum atomic E-state index is 11.8. The van der Waals surface area contributed by atoms with Crippen molar-refractivity contribution in [2.45, 2.75) is 6.54 Å². The van der Waals surface area contributed by atoms with Crippen LogP contribution in [0.25, 0.3) is 22.0 Å². The fourth-order valence-electron chi connectivity index (χ4n) is 3.25. The zero-order valence-corrected chi connectivity index (χ0v) is 19.6. The Hall–Kier alpha value is -3.37. The zero-order valence-electron chi connectivity index (χ0n) is 17.2. The Kier molecular flexibility index (Phi) is 8.23. The topological polar surface area (TPSA) is 70.1 Å². The van der Waals surface area contributed by atoms with E-state index in [0.717, 1.165) is 16.8 Å². The normalized spacial score (nSPS) is 10.0. The molecule has 0 aliphatic heterocycles. The quantitative estimate of drug-likeness (QED) is 0.234. The Labute approximate surface area is 200 Å². The van der Waals surface area contributed by atoms with E-state index in [2.05, 4.69) is 28.2 Å². The molecule has 0 bridgehead atoms. The molecule has 2 N–H and O–H groups in total. The molecular formula is C27H21IrN3O-2. The molecule has 1 radical (unpaired) electrons. The Morgan fingerprint density at radius 2 is 1.69 bits per heavy atom. The SMILES string of the molecule is NCc1ccc(C(=O)c2ccc[n-]2)cc1.[Ir].[c-]1ccccc1-c1nccc2ccccc12. The van der Waals surface area contributed by atoms with Gasteiger partial charge in [-0.15, -0.1) is 35.9 Å². The van der Waals surface area contributed by atoms with Gasteiger partial charge in [-0.2, -0.15) is 6.20 Å². The largest absolute Gasteiger partial charge is 0.661 e. The molecule has 5 rings (SSSR count). The molecule has 4 nitrogen and oxygen atoms in total. The number of nitrogens with zero attached hydrogens (tertiary/aromatic N) is 2. The summed E-state index contributed by atoms with van der Waals surface area (Å²) < 4.78 is 0. The van der Waals surface area contributed by atoms with Gasteiger partial charge in [0.05, 0.1) is 0 Å². The van der Waals surface area contributed by atoms with Gasteiger partial charge in [-0.25, -0.2) is 0 Å². The van der Waals surface area contributed by atoms with E-state index in [1.54, 1.807) is 30.5 Å². The number of ketones is 1. The third-order valence-corrected chi connectivity index (χ3v) is 4.88. The first-order chi connectivity index (χ1) is 15.3. The summed E-state index contributed by atoms with van der Waals surface area (Å²) in [6, 6.07) is 32.2. The van der Waals surface area contributed by atoms with E-state index >= 15 is 0 Å². The fourth-order valence-corrected chi connectivity index (χ4v) is 3.25. The average molecular weight is 596 g/mol. The van der Waals surface area contributed by atoms with Crippen molar-refractivity contribution in [3.63, 3.8) is 0 Å². The number of rotatable bonds is 4. The summed E-state index contributed by atoms with van der Waals surface area (Å²) in [5, 5.41) is 2.39. The van der Waals surface area contributed by atoms with E-state index in [0.29, 0.717) is 17.8 Å². The van der Waals surface area contributed by atoms with Crippen LogP contribution in [0.15, 0.2) is 103 Å². The molecule has 5 aromatic rings. The van der Waals surface area contributed by atoms with Gasteiger partial charge in [0.25, 0.3) is 0 Å². The van der Waals surface area contributed by atoms with Crippen molar-refractivity contribution < 1.29 is 24.9 Å². The van der Waals surface area contributed by atoms with Crippen LogP contribution in [0.5, 0.6) is 0 Å². The molecule has 2 heterocycles.